The highest BCUT2D eigenvalue weighted by atomic mass is 16.2. The van der Waals surface area contributed by atoms with E-state index in [1.54, 1.807) is 43.0 Å². The van der Waals surface area contributed by atoms with Gasteiger partial charge in [0, 0.05) is 56.2 Å². The Kier molecular flexibility index (Phi) is 5.54. The van der Waals surface area contributed by atoms with Crippen LogP contribution in [0.2, 0.25) is 0 Å². The number of carbonyl (C=O) groups is 2. The summed E-state index contributed by atoms with van der Waals surface area (Å²) < 4.78 is 1.83. The molecule has 1 aromatic carbocycles. The lowest BCUT2D eigenvalue weighted by Gasteiger charge is -2.40. The summed E-state index contributed by atoms with van der Waals surface area (Å²) >= 11 is 0. The minimum Gasteiger partial charge on any atom is -0.347 e. The Balaban J connectivity index is 1.52. The molecular weight excluding hydrogens is 394 g/mol. The van der Waals surface area contributed by atoms with Gasteiger partial charge in [0.15, 0.2) is 5.82 Å². The summed E-state index contributed by atoms with van der Waals surface area (Å²) in [5, 5.41) is 8.12. The number of piperazine rings is 1. The summed E-state index contributed by atoms with van der Waals surface area (Å²) in [6, 6.07) is 7.07. The maximum atomic E-state index is 13.2. The van der Waals surface area contributed by atoms with Crippen LogP contribution >= 0.6 is 0 Å². The quantitative estimate of drug-likeness (QED) is 0.598. The lowest BCUT2D eigenvalue weighted by Crippen LogP contribution is -2.54. The van der Waals surface area contributed by atoms with Gasteiger partial charge in [-0.1, -0.05) is 12.0 Å². The number of carbonyl (C=O) groups excluding carboxylic acids is 2. The second kappa shape index (κ2) is 8.44. The predicted octanol–water partition coefficient (Wildman–Crippen LogP) is 1.46. The Bertz CT molecular complexity index is 1170. The van der Waals surface area contributed by atoms with Gasteiger partial charge in [-0.05, 0) is 25.1 Å². The van der Waals surface area contributed by atoms with E-state index in [4.69, 9.17) is 6.42 Å². The first-order valence-electron chi connectivity index (χ1n) is 10.0. The number of amides is 2. The number of benzene rings is 1. The van der Waals surface area contributed by atoms with Crippen molar-refractivity contribution < 1.29 is 9.59 Å². The van der Waals surface area contributed by atoms with Gasteiger partial charge in [0.2, 0.25) is 11.6 Å². The fourth-order valence-corrected chi connectivity index (χ4v) is 3.87. The van der Waals surface area contributed by atoms with Crippen molar-refractivity contribution in [3.05, 3.63) is 48.5 Å². The van der Waals surface area contributed by atoms with Crippen LogP contribution in [0.25, 0.3) is 5.65 Å². The average Bonchev–Trinajstić information content (AvgIpc) is 3.26. The van der Waals surface area contributed by atoms with E-state index in [0.717, 1.165) is 5.82 Å². The molecule has 0 aliphatic carbocycles. The van der Waals surface area contributed by atoms with Gasteiger partial charge in [-0.15, -0.1) is 16.6 Å². The van der Waals surface area contributed by atoms with Gasteiger partial charge in [-0.25, -0.2) is 4.98 Å². The number of hydrogen-bond acceptors (Lipinski definition) is 6. The lowest BCUT2D eigenvalue weighted by molar-refractivity contribution is -0.116. The van der Waals surface area contributed by atoms with E-state index in [9.17, 15) is 9.59 Å². The summed E-state index contributed by atoms with van der Waals surface area (Å²) in [5.74, 6) is 3.00. The van der Waals surface area contributed by atoms with Crippen molar-refractivity contribution in [1.82, 2.24) is 24.5 Å². The van der Waals surface area contributed by atoms with E-state index >= 15 is 0 Å². The van der Waals surface area contributed by atoms with Gasteiger partial charge in [0.1, 0.15) is 6.33 Å². The first kappa shape index (κ1) is 20.3. The molecule has 0 bridgehead atoms. The van der Waals surface area contributed by atoms with Crippen LogP contribution in [0.5, 0.6) is 0 Å². The summed E-state index contributed by atoms with van der Waals surface area (Å²) in [7, 11) is 0. The summed E-state index contributed by atoms with van der Waals surface area (Å²) in [6.07, 6.45) is 10.6. The highest BCUT2D eigenvalue weighted by Crippen LogP contribution is 2.24. The summed E-state index contributed by atoms with van der Waals surface area (Å²) in [4.78, 5) is 35.0. The predicted molar refractivity (Wildman–Crippen MR) is 117 cm³/mol. The molecule has 0 spiro atoms. The second-order valence-corrected chi connectivity index (χ2v) is 7.47. The molecule has 1 aliphatic heterocycles. The number of nitrogens with zero attached hydrogens (tertiary/aromatic N) is 7. The van der Waals surface area contributed by atoms with Crippen molar-refractivity contribution in [3.8, 4) is 12.3 Å². The fourth-order valence-electron chi connectivity index (χ4n) is 3.87. The van der Waals surface area contributed by atoms with Crippen LogP contribution in [-0.2, 0) is 4.79 Å². The second-order valence-electron chi connectivity index (χ2n) is 7.47. The zero-order valence-corrected chi connectivity index (χ0v) is 17.5. The number of aromatic nitrogens is 4. The molecule has 0 saturated carbocycles. The third kappa shape index (κ3) is 3.92. The smallest absolute Gasteiger partial charge is 0.254 e. The van der Waals surface area contributed by atoms with Gasteiger partial charge in [-0.2, -0.15) is 0 Å². The van der Waals surface area contributed by atoms with Gasteiger partial charge in [-0.3, -0.25) is 14.0 Å². The van der Waals surface area contributed by atoms with Crippen molar-refractivity contribution in [1.29, 1.82) is 0 Å². The molecule has 1 atom stereocenters. The van der Waals surface area contributed by atoms with Crippen LogP contribution in [0.15, 0.2) is 43.0 Å². The monoisotopic (exact) mass is 417 g/mol. The molecule has 3 heterocycles. The Hall–Kier alpha value is -3.93. The average molecular weight is 417 g/mol. The SMILES string of the molecule is C#CCN(C(C)=O)c1cccc(C(=O)N2CCN(c3nccn4cnnc34)C(C)C2)c1. The Morgan fingerprint density at radius 1 is 1.32 bits per heavy atom. The Morgan fingerprint density at radius 2 is 2.16 bits per heavy atom. The first-order chi connectivity index (χ1) is 15.0. The maximum absolute atomic E-state index is 13.2. The standard InChI is InChI=1S/C22H23N7O2/c1-4-9-29(17(3)30)19-7-5-6-18(13-19)22(31)26-11-12-28(16(2)14-26)20-21-25-24-15-27(21)10-8-23-20/h1,5-8,10,13,15-16H,9,11-12,14H2,2-3H3. The van der Waals surface area contributed by atoms with E-state index in [-0.39, 0.29) is 24.4 Å². The van der Waals surface area contributed by atoms with Gasteiger partial charge in [0.25, 0.3) is 5.91 Å². The summed E-state index contributed by atoms with van der Waals surface area (Å²) in [5.41, 5.74) is 1.84. The van der Waals surface area contributed by atoms with Crippen molar-refractivity contribution in [2.75, 3.05) is 36.0 Å². The van der Waals surface area contributed by atoms with Crippen molar-refractivity contribution in [2.45, 2.75) is 19.9 Å². The van der Waals surface area contributed by atoms with Crippen LogP contribution in [0.4, 0.5) is 11.5 Å². The molecule has 9 nitrogen and oxygen atoms in total. The Labute approximate surface area is 180 Å². The van der Waals surface area contributed by atoms with Crippen LogP contribution in [0, 0.1) is 12.3 Å². The normalized spacial score (nSPS) is 16.2. The number of anilines is 2. The highest BCUT2D eigenvalue weighted by Gasteiger charge is 2.30. The van der Waals surface area contributed by atoms with Gasteiger partial charge < -0.3 is 14.7 Å². The van der Waals surface area contributed by atoms with Crippen molar-refractivity contribution in [2.24, 2.45) is 0 Å². The molecule has 1 fully saturated rings. The van der Waals surface area contributed by atoms with Crippen LogP contribution in [0.1, 0.15) is 24.2 Å². The number of fused-ring (bicyclic) bond motifs is 1. The molecule has 1 unspecified atom stereocenters. The maximum Gasteiger partial charge on any atom is 0.254 e. The number of terminal acetylenes is 1. The fraction of sp³-hybridized carbons (Fsp3) is 0.318. The minimum atomic E-state index is -0.167. The van der Waals surface area contributed by atoms with E-state index in [1.165, 1.54) is 11.8 Å². The first-order valence-corrected chi connectivity index (χ1v) is 10.0. The lowest BCUT2D eigenvalue weighted by atomic mass is 10.1. The molecule has 0 radical (unpaired) electrons. The number of hydrogen-bond donors (Lipinski definition) is 0. The molecule has 2 amide bonds. The topological polar surface area (TPSA) is 86.9 Å². The molecule has 1 saturated heterocycles. The van der Waals surface area contributed by atoms with Crippen LogP contribution < -0.4 is 9.80 Å². The molecule has 1 aliphatic rings. The van der Waals surface area contributed by atoms with Gasteiger partial charge >= 0.3 is 0 Å². The van der Waals surface area contributed by atoms with E-state index in [2.05, 4.69) is 32.9 Å². The van der Waals surface area contributed by atoms with E-state index in [1.807, 2.05) is 9.30 Å². The highest BCUT2D eigenvalue weighted by molar-refractivity contribution is 5.98. The van der Waals surface area contributed by atoms with E-state index < -0.39 is 0 Å². The molecular formula is C22H23N7O2. The molecule has 4 rings (SSSR count). The molecule has 31 heavy (non-hydrogen) atoms. The van der Waals surface area contributed by atoms with Crippen molar-refractivity contribution >= 4 is 29.0 Å². The third-order valence-electron chi connectivity index (χ3n) is 5.42. The van der Waals surface area contributed by atoms with Gasteiger partial charge in [0.05, 0.1) is 6.54 Å². The minimum absolute atomic E-state index is 0.0476. The van der Waals surface area contributed by atoms with E-state index in [0.29, 0.717) is 36.5 Å². The molecule has 9 heteroatoms. The molecule has 158 valence electrons. The Morgan fingerprint density at radius 3 is 2.90 bits per heavy atom. The molecule has 3 aromatic rings. The molecule has 0 N–H and O–H groups in total. The zero-order valence-electron chi connectivity index (χ0n) is 17.5. The largest absolute Gasteiger partial charge is 0.347 e. The third-order valence-corrected chi connectivity index (χ3v) is 5.42. The van der Waals surface area contributed by atoms with Crippen molar-refractivity contribution in [3.63, 3.8) is 0 Å². The number of rotatable bonds is 4. The van der Waals surface area contributed by atoms with Crippen LogP contribution in [0.3, 0.4) is 0 Å². The molecule has 2 aromatic heterocycles. The summed E-state index contributed by atoms with van der Waals surface area (Å²) in [6.45, 7) is 5.39. The zero-order chi connectivity index (χ0) is 22.0. The van der Waals surface area contributed by atoms with Crippen LogP contribution in [-0.4, -0.2) is 68.5 Å².